The van der Waals surface area contributed by atoms with Gasteiger partial charge in [-0.3, -0.25) is 14.8 Å². The predicted octanol–water partition coefficient (Wildman–Crippen LogP) is 5.77. The molecule has 248 valence electrons. The minimum atomic E-state index is -1.01. The van der Waals surface area contributed by atoms with Crippen LogP contribution >= 0.6 is 22.7 Å². The number of aromatic nitrogens is 2. The van der Waals surface area contributed by atoms with Gasteiger partial charge in [-0.2, -0.15) is 0 Å². The van der Waals surface area contributed by atoms with E-state index in [2.05, 4.69) is 20.6 Å². The minimum absolute atomic E-state index is 0.0825. The van der Waals surface area contributed by atoms with Crippen molar-refractivity contribution in [1.82, 2.24) is 25.5 Å². The van der Waals surface area contributed by atoms with Crippen molar-refractivity contribution in [2.24, 2.45) is 5.92 Å². The molecule has 0 aliphatic heterocycles. The van der Waals surface area contributed by atoms with Gasteiger partial charge in [0, 0.05) is 35.8 Å². The van der Waals surface area contributed by atoms with E-state index in [4.69, 9.17) is 4.74 Å². The van der Waals surface area contributed by atoms with Gasteiger partial charge in [0.15, 0.2) is 5.78 Å². The fourth-order valence-corrected chi connectivity index (χ4v) is 6.67. The van der Waals surface area contributed by atoms with Crippen molar-refractivity contribution in [2.45, 2.75) is 76.2 Å². The fourth-order valence-electron chi connectivity index (χ4n) is 5.57. The Morgan fingerprint density at radius 2 is 1.51 bits per heavy atom. The van der Waals surface area contributed by atoms with Crippen LogP contribution in [0.3, 0.4) is 0 Å². The topological polar surface area (TPSA) is 134 Å². The van der Waals surface area contributed by atoms with E-state index in [-0.39, 0.29) is 42.8 Å². The van der Waals surface area contributed by atoms with Crippen LogP contribution in [0.2, 0.25) is 0 Å². The Labute approximate surface area is 283 Å². The molecule has 1 aliphatic carbocycles. The molecule has 0 bridgehead atoms. The van der Waals surface area contributed by atoms with Crippen molar-refractivity contribution in [3.05, 3.63) is 105 Å². The second kappa shape index (κ2) is 17.7. The zero-order valence-electron chi connectivity index (χ0n) is 26.2. The highest BCUT2D eigenvalue weighted by molar-refractivity contribution is 7.09. The highest BCUT2D eigenvalue weighted by Crippen LogP contribution is 2.29. The van der Waals surface area contributed by atoms with E-state index in [0.717, 1.165) is 33.7 Å². The summed E-state index contributed by atoms with van der Waals surface area (Å²) in [4.78, 5) is 51.5. The lowest BCUT2D eigenvalue weighted by atomic mass is 9.86. The van der Waals surface area contributed by atoms with Crippen molar-refractivity contribution < 1.29 is 24.2 Å². The Bertz CT molecular complexity index is 1520. The van der Waals surface area contributed by atoms with Crippen molar-refractivity contribution in [3.8, 4) is 0 Å². The monoisotopic (exact) mass is 675 g/mol. The largest absolute Gasteiger partial charge is 0.444 e. The molecule has 0 radical (unpaired) electrons. The van der Waals surface area contributed by atoms with Gasteiger partial charge in [0.25, 0.3) is 0 Å². The Balaban J connectivity index is 1.23. The van der Waals surface area contributed by atoms with Gasteiger partial charge in [0.1, 0.15) is 12.6 Å². The number of carbonyl (C=O) groups excluding carboxylic acids is 3. The number of aliphatic hydroxyl groups excluding tert-OH is 1. The molecule has 3 atom stereocenters. The quantitative estimate of drug-likeness (QED) is 0.122. The lowest BCUT2D eigenvalue weighted by molar-refractivity contribution is -0.122. The van der Waals surface area contributed by atoms with E-state index in [1.165, 1.54) is 22.7 Å². The second-order valence-corrected chi connectivity index (χ2v) is 13.8. The molecular formula is C35H41N5O5S2. The normalized spacial score (nSPS) is 14.5. The van der Waals surface area contributed by atoms with Gasteiger partial charge < -0.3 is 25.4 Å². The number of hydrogen-bond acceptors (Lipinski definition) is 9. The van der Waals surface area contributed by atoms with Crippen LogP contribution in [0.25, 0.3) is 0 Å². The molecule has 3 amide bonds. The molecule has 12 heteroatoms. The maximum atomic E-state index is 13.7. The first-order valence-corrected chi connectivity index (χ1v) is 17.7. The van der Waals surface area contributed by atoms with E-state index in [9.17, 15) is 19.5 Å². The maximum Gasteiger partial charge on any atom is 0.407 e. The van der Waals surface area contributed by atoms with Crippen LogP contribution in [-0.2, 0) is 35.5 Å². The van der Waals surface area contributed by atoms with Crippen LogP contribution in [0.5, 0.6) is 0 Å². The number of benzene rings is 2. The molecule has 1 aliphatic rings. The van der Waals surface area contributed by atoms with E-state index < -0.39 is 18.7 Å². The average Bonchev–Trinajstić information content (AvgIpc) is 3.52. The first-order valence-electron chi connectivity index (χ1n) is 15.9. The van der Waals surface area contributed by atoms with E-state index in [1.54, 1.807) is 28.3 Å². The zero-order valence-corrected chi connectivity index (χ0v) is 27.8. The molecule has 5 rings (SSSR count). The van der Waals surface area contributed by atoms with Gasteiger partial charge in [0.05, 0.1) is 29.0 Å². The molecule has 3 unspecified atom stereocenters. The summed E-state index contributed by atoms with van der Waals surface area (Å²) in [5, 5.41) is 16.1. The molecular weight excluding hydrogens is 635 g/mol. The number of aliphatic hydroxyl groups is 1. The smallest absolute Gasteiger partial charge is 0.407 e. The van der Waals surface area contributed by atoms with Gasteiger partial charge in [-0.15, -0.1) is 22.7 Å². The zero-order chi connectivity index (χ0) is 32.8. The molecule has 2 aromatic heterocycles. The Morgan fingerprint density at radius 1 is 0.872 bits per heavy atom. The number of nitrogens with zero attached hydrogens (tertiary/aromatic N) is 3. The van der Waals surface area contributed by atoms with Gasteiger partial charge in [-0.05, 0) is 55.6 Å². The maximum absolute atomic E-state index is 13.7. The first kappa shape index (κ1) is 34.2. The SMILES string of the molecule is O=C(NC(CCC(CC(=O)C(CO)NC(=O)N(Cc1cncs1)C1CC1)Cc1ccccc1)Cc1ccccc1)OCc1cncs1. The van der Waals surface area contributed by atoms with E-state index in [1.807, 2.05) is 60.7 Å². The third kappa shape index (κ3) is 11.3. The number of amides is 3. The van der Waals surface area contributed by atoms with Crippen LogP contribution in [-0.4, -0.2) is 62.6 Å². The predicted molar refractivity (Wildman–Crippen MR) is 182 cm³/mol. The van der Waals surface area contributed by atoms with Gasteiger partial charge in [-0.25, -0.2) is 9.59 Å². The lowest BCUT2D eigenvalue weighted by Gasteiger charge is -2.26. The second-order valence-electron chi connectivity index (χ2n) is 11.9. The van der Waals surface area contributed by atoms with Crippen molar-refractivity contribution in [3.63, 3.8) is 0 Å². The number of carbonyl (C=O) groups is 3. The summed E-state index contributed by atoms with van der Waals surface area (Å²) >= 11 is 2.91. The first-order chi connectivity index (χ1) is 23.0. The third-order valence-corrected chi connectivity index (χ3v) is 9.70. The number of hydrogen-bond donors (Lipinski definition) is 3. The number of rotatable bonds is 18. The molecule has 1 saturated carbocycles. The molecule has 2 heterocycles. The fraction of sp³-hybridized carbons (Fsp3) is 0.400. The Hall–Kier alpha value is -4.13. The summed E-state index contributed by atoms with van der Waals surface area (Å²) in [5.41, 5.74) is 5.60. The van der Waals surface area contributed by atoms with Crippen molar-refractivity contribution in [1.29, 1.82) is 0 Å². The van der Waals surface area contributed by atoms with Gasteiger partial charge in [-0.1, -0.05) is 60.7 Å². The third-order valence-electron chi connectivity index (χ3n) is 8.18. The number of thiazole rings is 2. The summed E-state index contributed by atoms with van der Waals surface area (Å²) in [6.07, 6.45) is 7.42. The van der Waals surface area contributed by atoms with E-state index >= 15 is 0 Å². The molecule has 2 aromatic carbocycles. The van der Waals surface area contributed by atoms with Gasteiger partial charge in [0.2, 0.25) is 0 Å². The number of Topliss-reactive ketones (excluding diaryl/α,β-unsaturated/α-hetero) is 1. The van der Waals surface area contributed by atoms with Crippen molar-refractivity contribution >= 4 is 40.6 Å². The van der Waals surface area contributed by atoms with Crippen molar-refractivity contribution in [2.75, 3.05) is 6.61 Å². The summed E-state index contributed by atoms with van der Waals surface area (Å²) in [7, 11) is 0. The molecule has 1 fully saturated rings. The molecule has 3 N–H and O–H groups in total. The molecule has 10 nitrogen and oxygen atoms in total. The van der Waals surface area contributed by atoms with Gasteiger partial charge >= 0.3 is 12.1 Å². The van der Waals surface area contributed by atoms with Crippen LogP contribution in [0.1, 0.15) is 53.0 Å². The molecule has 4 aromatic rings. The highest BCUT2D eigenvalue weighted by atomic mass is 32.1. The molecule has 47 heavy (non-hydrogen) atoms. The number of ether oxygens (including phenoxy) is 1. The summed E-state index contributed by atoms with van der Waals surface area (Å²) < 4.78 is 5.47. The number of ketones is 1. The standard InChI is InChI=1S/C35H41N5O5S2/c41-21-32(39-34(43)40(29-13-14-29)20-30-18-36-23-46-30)33(42)17-27(15-25-7-3-1-4-8-25)11-12-28(16-26-9-5-2-6-10-26)38-35(44)45-22-31-19-37-24-47-31/h1-10,18-19,23-24,27-29,32,41H,11-17,20-22H2,(H,38,44)(H,39,43). The van der Waals surface area contributed by atoms with Crippen LogP contribution in [0.15, 0.2) is 84.1 Å². The van der Waals surface area contributed by atoms with Crippen LogP contribution in [0.4, 0.5) is 9.59 Å². The average molecular weight is 676 g/mol. The molecule has 0 spiro atoms. The summed E-state index contributed by atoms with van der Waals surface area (Å²) in [6, 6.07) is 18.4. The van der Waals surface area contributed by atoms with E-state index in [0.29, 0.717) is 32.2 Å². The Morgan fingerprint density at radius 3 is 2.11 bits per heavy atom. The molecule has 0 saturated heterocycles. The summed E-state index contributed by atoms with van der Waals surface area (Å²) in [6.45, 7) is 0.0917. The lowest BCUT2D eigenvalue weighted by Crippen LogP contribution is -2.50. The van der Waals surface area contributed by atoms with Crippen LogP contribution < -0.4 is 10.6 Å². The Kier molecular flexibility index (Phi) is 12.9. The number of alkyl carbamates (subject to hydrolysis) is 1. The minimum Gasteiger partial charge on any atom is -0.444 e. The van der Waals surface area contributed by atoms with Crippen LogP contribution in [0, 0.1) is 5.92 Å². The highest BCUT2D eigenvalue weighted by Gasteiger charge is 2.35. The number of nitrogens with one attached hydrogen (secondary N) is 2. The number of urea groups is 1. The summed E-state index contributed by atoms with van der Waals surface area (Å²) in [5.74, 6) is -0.298.